The highest BCUT2D eigenvalue weighted by Gasteiger charge is 2.04. The van der Waals surface area contributed by atoms with Gasteiger partial charge in [-0.05, 0) is 26.0 Å². The van der Waals surface area contributed by atoms with Gasteiger partial charge >= 0.3 is 6.09 Å². The molecule has 4 heteroatoms. The Morgan fingerprint density at radius 1 is 1.69 bits per heavy atom. The van der Waals surface area contributed by atoms with E-state index in [2.05, 4.69) is 5.32 Å². The van der Waals surface area contributed by atoms with Gasteiger partial charge in [-0.25, -0.2) is 4.79 Å². The number of hydrogen-bond donors (Lipinski definition) is 1. The van der Waals surface area contributed by atoms with Crippen molar-refractivity contribution in [3.8, 4) is 0 Å². The van der Waals surface area contributed by atoms with Gasteiger partial charge in [-0.3, -0.25) is 0 Å². The number of amides is 1. The molecule has 1 N–H and O–H groups in total. The molecule has 1 aromatic heterocycles. The van der Waals surface area contributed by atoms with Crippen LogP contribution in [0.2, 0.25) is 0 Å². The predicted octanol–water partition coefficient (Wildman–Crippen LogP) is 1.91. The lowest BCUT2D eigenvalue weighted by atomic mass is 10.4. The molecule has 4 nitrogen and oxygen atoms in total. The van der Waals surface area contributed by atoms with Crippen molar-refractivity contribution >= 4 is 6.09 Å². The monoisotopic (exact) mass is 183 g/mol. The second-order valence-corrected chi connectivity index (χ2v) is 2.95. The molecule has 1 heterocycles. The van der Waals surface area contributed by atoms with Crippen molar-refractivity contribution in [1.29, 1.82) is 0 Å². The number of rotatable bonds is 3. The molecule has 1 aromatic rings. The molecule has 0 aliphatic carbocycles. The van der Waals surface area contributed by atoms with Crippen molar-refractivity contribution < 1.29 is 13.9 Å². The first-order valence-electron chi connectivity index (χ1n) is 4.14. The fraction of sp³-hybridized carbons (Fsp3) is 0.444. The van der Waals surface area contributed by atoms with Gasteiger partial charge in [0.15, 0.2) is 6.61 Å². The summed E-state index contributed by atoms with van der Waals surface area (Å²) in [4.78, 5) is 11.0. The lowest BCUT2D eigenvalue weighted by molar-refractivity contribution is 0.129. The van der Waals surface area contributed by atoms with Gasteiger partial charge in [-0.15, -0.1) is 0 Å². The molecule has 0 aliphatic rings. The van der Waals surface area contributed by atoms with Crippen LogP contribution in [0.1, 0.15) is 19.6 Å². The molecule has 0 atom stereocenters. The molecule has 0 aliphatic heterocycles. The first-order chi connectivity index (χ1) is 6.18. The smallest absolute Gasteiger partial charge is 0.407 e. The highest BCUT2D eigenvalue weighted by molar-refractivity contribution is 5.67. The summed E-state index contributed by atoms with van der Waals surface area (Å²) in [7, 11) is 0. The maximum Gasteiger partial charge on any atom is 0.407 e. The predicted molar refractivity (Wildman–Crippen MR) is 47.2 cm³/mol. The molecule has 1 amide bonds. The molecule has 0 spiro atoms. The first kappa shape index (κ1) is 9.64. The molecule has 0 radical (unpaired) electrons. The van der Waals surface area contributed by atoms with Crippen LogP contribution >= 0.6 is 0 Å². The van der Waals surface area contributed by atoms with Gasteiger partial charge in [-0.2, -0.15) is 0 Å². The number of furan rings is 1. The summed E-state index contributed by atoms with van der Waals surface area (Å²) in [5, 5.41) is 2.60. The zero-order valence-electron chi connectivity index (χ0n) is 7.74. The summed E-state index contributed by atoms with van der Waals surface area (Å²) >= 11 is 0. The summed E-state index contributed by atoms with van der Waals surface area (Å²) in [6.07, 6.45) is 1.12. The van der Waals surface area contributed by atoms with Crippen molar-refractivity contribution in [2.24, 2.45) is 0 Å². The van der Waals surface area contributed by atoms with Gasteiger partial charge in [0.25, 0.3) is 0 Å². The lowest BCUT2D eigenvalue weighted by Gasteiger charge is -2.07. The topological polar surface area (TPSA) is 51.5 Å². The summed E-state index contributed by atoms with van der Waals surface area (Å²) < 4.78 is 9.84. The number of carbonyl (C=O) groups is 1. The SMILES string of the molecule is CC(C)NC(=O)OCc1ccco1. The average molecular weight is 183 g/mol. The zero-order chi connectivity index (χ0) is 9.68. The fourth-order valence-corrected chi connectivity index (χ4v) is 0.809. The Hall–Kier alpha value is -1.45. The summed E-state index contributed by atoms with van der Waals surface area (Å²) in [5.41, 5.74) is 0. The number of alkyl carbamates (subject to hydrolysis) is 1. The highest BCUT2D eigenvalue weighted by Crippen LogP contribution is 2.01. The van der Waals surface area contributed by atoms with Crippen molar-refractivity contribution in [3.05, 3.63) is 24.2 Å². The molecule has 13 heavy (non-hydrogen) atoms. The highest BCUT2D eigenvalue weighted by atomic mass is 16.6. The van der Waals surface area contributed by atoms with Gasteiger partial charge in [0.2, 0.25) is 0 Å². The van der Waals surface area contributed by atoms with Crippen LogP contribution in [0, 0.1) is 0 Å². The molecule has 0 bridgehead atoms. The van der Waals surface area contributed by atoms with Crippen LogP contribution in [0.3, 0.4) is 0 Å². The Morgan fingerprint density at radius 2 is 2.46 bits per heavy atom. The van der Waals surface area contributed by atoms with Gasteiger partial charge in [0.1, 0.15) is 5.76 Å². The van der Waals surface area contributed by atoms with E-state index < -0.39 is 6.09 Å². The number of nitrogens with one attached hydrogen (secondary N) is 1. The third-order valence-electron chi connectivity index (χ3n) is 1.33. The van der Waals surface area contributed by atoms with Gasteiger partial charge in [-0.1, -0.05) is 0 Å². The van der Waals surface area contributed by atoms with E-state index in [0.717, 1.165) is 0 Å². The van der Waals surface area contributed by atoms with Gasteiger partial charge in [0.05, 0.1) is 6.26 Å². The molecular formula is C9H13NO3. The van der Waals surface area contributed by atoms with E-state index in [0.29, 0.717) is 5.76 Å². The van der Waals surface area contributed by atoms with E-state index in [-0.39, 0.29) is 12.6 Å². The van der Waals surface area contributed by atoms with Crippen LogP contribution in [-0.4, -0.2) is 12.1 Å². The molecule has 0 aromatic carbocycles. The minimum atomic E-state index is -0.425. The van der Waals surface area contributed by atoms with Crippen LogP contribution in [0.4, 0.5) is 4.79 Å². The van der Waals surface area contributed by atoms with Crippen LogP contribution in [0.15, 0.2) is 22.8 Å². The van der Waals surface area contributed by atoms with Gasteiger partial charge in [0, 0.05) is 6.04 Å². The van der Waals surface area contributed by atoms with E-state index in [9.17, 15) is 4.79 Å². The quantitative estimate of drug-likeness (QED) is 0.778. The average Bonchev–Trinajstić information content (AvgIpc) is 2.51. The fourth-order valence-electron chi connectivity index (χ4n) is 0.809. The Labute approximate surface area is 76.9 Å². The molecule has 0 fully saturated rings. The second kappa shape index (κ2) is 4.54. The summed E-state index contributed by atoms with van der Waals surface area (Å²) in [6, 6.07) is 3.59. The molecular weight excluding hydrogens is 170 g/mol. The largest absolute Gasteiger partial charge is 0.466 e. The van der Waals surface area contributed by atoms with Crippen molar-refractivity contribution in [2.45, 2.75) is 26.5 Å². The molecule has 72 valence electrons. The lowest BCUT2D eigenvalue weighted by Crippen LogP contribution is -2.30. The third-order valence-corrected chi connectivity index (χ3v) is 1.33. The van der Waals surface area contributed by atoms with E-state index in [1.807, 2.05) is 13.8 Å². The van der Waals surface area contributed by atoms with Crippen LogP contribution < -0.4 is 5.32 Å². The maximum absolute atomic E-state index is 11.0. The third kappa shape index (κ3) is 3.64. The number of carbonyl (C=O) groups excluding carboxylic acids is 1. The molecule has 0 unspecified atom stereocenters. The second-order valence-electron chi connectivity index (χ2n) is 2.95. The summed E-state index contributed by atoms with van der Waals surface area (Å²) in [5.74, 6) is 0.638. The molecule has 1 rings (SSSR count). The van der Waals surface area contributed by atoms with E-state index in [1.54, 1.807) is 18.4 Å². The Kier molecular flexibility index (Phi) is 3.37. The standard InChI is InChI=1S/C9H13NO3/c1-7(2)10-9(11)13-6-8-4-3-5-12-8/h3-5,7H,6H2,1-2H3,(H,10,11). The summed E-state index contributed by atoms with van der Waals surface area (Å²) in [6.45, 7) is 3.91. The van der Waals surface area contributed by atoms with Crippen LogP contribution in [-0.2, 0) is 11.3 Å². The zero-order valence-corrected chi connectivity index (χ0v) is 7.74. The number of hydrogen-bond acceptors (Lipinski definition) is 3. The Bertz CT molecular complexity index is 254. The van der Waals surface area contributed by atoms with E-state index >= 15 is 0 Å². The Morgan fingerprint density at radius 3 is 3.00 bits per heavy atom. The van der Waals surface area contributed by atoms with Gasteiger partial charge < -0.3 is 14.5 Å². The molecule has 0 saturated heterocycles. The van der Waals surface area contributed by atoms with Crippen molar-refractivity contribution in [1.82, 2.24) is 5.32 Å². The van der Waals surface area contributed by atoms with Crippen molar-refractivity contribution in [3.63, 3.8) is 0 Å². The minimum Gasteiger partial charge on any atom is -0.466 e. The van der Waals surface area contributed by atoms with Crippen molar-refractivity contribution in [2.75, 3.05) is 0 Å². The van der Waals surface area contributed by atoms with Crippen LogP contribution in [0.5, 0.6) is 0 Å². The number of ether oxygens (including phenoxy) is 1. The Balaban J connectivity index is 2.23. The van der Waals surface area contributed by atoms with Crippen LogP contribution in [0.25, 0.3) is 0 Å². The maximum atomic E-state index is 11.0. The molecule has 0 saturated carbocycles. The van der Waals surface area contributed by atoms with E-state index in [4.69, 9.17) is 9.15 Å². The minimum absolute atomic E-state index is 0.0871. The first-order valence-corrected chi connectivity index (χ1v) is 4.14. The van der Waals surface area contributed by atoms with E-state index in [1.165, 1.54) is 0 Å². The normalized spacial score (nSPS) is 10.1.